The van der Waals surface area contributed by atoms with E-state index in [2.05, 4.69) is 5.32 Å². The second-order valence-electron chi connectivity index (χ2n) is 7.63. The zero-order chi connectivity index (χ0) is 17.8. The maximum absolute atomic E-state index is 12.5. The molecule has 136 valence electrons. The summed E-state index contributed by atoms with van der Waals surface area (Å²) in [5, 5.41) is 13.4. The summed E-state index contributed by atoms with van der Waals surface area (Å²) in [6.07, 6.45) is 4.41. The van der Waals surface area contributed by atoms with Gasteiger partial charge >= 0.3 is 0 Å². The number of aliphatic hydroxyl groups is 1. The highest BCUT2D eigenvalue weighted by atomic mass is 16.3. The van der Waals surface area contributed by atoms with Gasteiger partial charge in [0.2, 0.25) is 5.91 Å². The van der Waals surface area contributed by atoms with Crippen LogP contribution in [0, 0.1) is 11.8 Å². The van der Waals surface area contributed by atoms with E-state index in [1.165, 1.54) is 0 Å². The highest BCUT2D eigenvalue weighted by Gasteiger charge is 2.34. The Morgan fingerprint density at radius 3 is 2.44 bits per heavy atom. The average molecular weight is 344 g/mol. The molecule has 0 saturated heterocycles. The molecule has 0 aromatic heterocycles. The van der Waals surface area contributed by atoms with Crippen molar-refractivity contribution in [2.24, 2.45) is 17.6 Å². The van der Waals surface area contributed by atoms with Crippen LogP contribution < -0.4 is 11.1 Å². The Bertz CT molecular complexity index is 596. The number of aliphatic hydroxyl groups excluding tert-OH is 1. The normalized spacial score (nSPS) is 20.6. The number of carbonyl (C=O) groups is 2. The van der Waals surface area contributed by atoms with Gasteiger partial charge in [-0.25, -0.2) is 0 Å². The van der Waals surface area contributed by atoms with Crippen LogP contribution in [0.15, 0.2) is 30.3 Å². The molecule has 2 fully saturated rings. The van der Waals surface area contributed by atoms with Crippen molar-refractivity contribution in [3.8, 4) is 0 Å². The Morgan fingerprint density at radius 2 is 1.84 bits per heavy atom. The third kappa shape index (κ3) is 5.65. The Labute approximate surface area is 149 Å². The molecule has 2 aliphatic rings. The molecule has 1 aromatic carbocycles. The molecule has 25 heavy (non-hydrogen) atoms. The van der Waals surface area contributed by atoms with Crippen LogP contribution in [0.25, 0.3) is 0 Å². The van der Waals surface area contributed by atoms with Crippen LogP contribution in [-0.2, 0) is 16.0 Å². The third-order valence-corrected chi connectivity index (χ3v) is 5.14. The number of benzene rings is 1. The minimum atomic E-state index is -1.18. The summed E-state index contributed by atoms with van der Waals surface area (Å²) in [7, 11) is 0. The minimum Gasteiger partial charge on any atom is -0.383 e. The van der Waals surface area contributed by atoms with E-state index in [1.807, 2.05) is 30.3 Å². The highest BCUT2D eigenvalue weighted by Crippen LogP contribution is 2.33. The number of nitrogens with one attached hydrogen (secondary N) is 1. The molecule has 0 bridgehead atoms. The van der Waals surface area contributed by atoms with Crippen molar-refractivity contribution >= 4 is 11.7 Å². The summed E-state index contributed by atoms with van der Waals surface area (Å²) in [5.74, 6) is -0.286. The Balaban J connectivity index is 1.63. The minimum absolute atomic E-state index is 0.0499. The van der Waals surface area contributed by atoms with Gasteiger partial charge in [0, 0.05) is 18.4 Å². The van der Waals surface area contributed by atoms with Gasteiger partial charge in [0.15, 0.2) is 0 Å². The number of carbonyl (C=O) groups excluding carboxylic acids is 2. The zero-order valence-corrected chi connectivity index (χ0v) is 14.6. The third-order valence-electron chi connectivity index (χ3n) is 5.14. The van der Waals surface area contributed by atoms with E-state index in [1.54, 1.807) is 0 Å². The molecule has 2 unspecified atom stereocenters. The van der Waals surface area contributed by atoms with Gasteiger partial charge in [-0.3, -0.25) is 9.59 Å². The summed E-state index contributed by atoms with van der Waals surface area (Å²) in [6, 6.07) is 9.37. The lowest BCUT2D eigenvalue weighted by Gasteiger charge is -2.23. The Kier molecular flexibility index (Phi) is 5.86. The van der Waals surface area contributed by atoms with Crippen LogP contribution in [0.1, 0.15) is 44.1 Å². The van der Waals surface area contributed by atoms with Gasteiger partial charge in [-0.1, -0.05) is 43.2 Å². The predicted molar refractivity (Wildman–Crippen MR) is 95.7 cm³/mol. The number of rotatable bonds is 10. The first-order chi connectivity index (χ1) is 12.0. The van der Waals surface area contributed by atoms with Crippen LogP contribution in [0.2, 0.25) is 0 Å². The molecule has 3 rings (SSSR count). The molecule has 1 aromatic rings. The summed E-state index contributed by atoms with van der Waals surface area (Å²) >= 11 is 0. The van der Waals surface area contributed by atoms with E-state index >= 15 is 0 Å². The summed E-state index contributed by atoms with van der Waals surface area (Å²) in [6.45, 7) is 0. The van der Waals surface area contributed by atoms with Gasteiger partial charge in [0.25, 0.3) is 0 Å². The van der Waals surface area contributed by atoms with Crippen molar-refractivity contribution in [2.75, 3.05) is 0 Å². The van der Waals surface area contributed by atoms with Crippen LogP contribution in [0.4, 0.5) is 0 Å². The molecule has 5 nitrogen and oxygen atoms in total. The maximum atomic E-state index is 12.5. The second-order valence-corrected chi connectivity index (χ2v) is 7.63. The molecular formula is C20H28N2O3. The van der Waals surface area contributed by atoms with Gasteiger partial charge in [0.05, 0.1) is 6.04 Å². The fourth-order valence-electron chi connectivity index (χ4n) is 3.19. The van der Waals surface area contributed by atoms with Gasteiger partial charge in [-0.15, -0.1) is 0 Å². The molecule has 1 amide bonds. The lowest BCUT2D eigenvalue weighted by Crippen LogP contribution is -2.43. The van der Waals surface area contributed by atoms with E-state index < -0.39 is 18.1 Å². The smallest absolute Gasteiger partial charge is 0.249 e. The maximum Gasteiger partial charge on any atom is 0.249 e. The topological polar surface area (TPSA) is 92.4 Å². The first kappa shape index (κ1) is 18.1. The highest BCUT2D eigenvalue weighted by molar-refractivity contribution is 5.86. The molecule has 3 atom stereocenters. The second kappa shape index (κ2) is 8.11. The molecule has 5 heteroatoms. The summed E-state index contributed by atoms with van der Waals surface area (Å²) < 4.78 is 0. The number of hydrogen-bond donors (Lipinski definition) is 3. The van der Waals surface area contributed by atoms with Crippen LogP contribution in [-0.4, -0.2) is 35.0 Å². The monoisotopic (exact) mass is 344 g/mol. The molecule has 2 aliphatic carbocycles. The van der Waals surface area contributed by atoms with Gasteiger partial charge in [-0.05, 0) is 37.2 Å². The lowest BCUT2D eigenvalue weighted by atomic mass is 9.86. The molecule has 0 heterocycles. The van der Waals surface area contributed by atoms with Gasteiger partial charge < -0.3 is 16.2 Å². The lowest BCUT2D eigenvalue weighted by molar-refractivity contribution is -0.133. The zero-order valence-electron chi connectivity index (χ0n) is 14.6. The number of hydrogen-bond acceptors (Lipinski definition) is 4. The molecule has 0 aliphatic heterocycles. The van der Waals surface area contributed by atoms with Crippen molar-refractivity contribution in [1.29, 1.82) is 0 Å². The van der Waals surface area contributed by atoms with Crippen molar-refractivity contribution in [3.05, 3.63) is 35.9 Å². The quantitative estimate of drug-likeness (QED) is 0.601. The molecule has 2 saturated carbocycles. The van der Waals surface area contributed by atoms with E-state index in [4.69, 9.17) is 5.73 Å². The average Bonchev–Trinajstić information content (AvgIpc) is 3.51. The van der Waals surface area contributed by atoms with E-state index in [0.717, 1.165) is 37.7 Å². The number of ketones is 1. The SMILES string of the molecule is N[C@@H](CC1CC1)C(=O)CC(Cc1ccccc1)C(O)C(=O)NC1CC1. The molecule has 0 spiro atoms. The fraction of sp³-hybridized carbons (Fsp3) is 0.600. The van der Waals surface area contributed by atoms with Gasteiger partial charge in [0.1, 0.15) is 11.9 Å². The predicted octanol–water partition coefficient (Wildman–Crippen LogP) is 1.57. The summed E-state index contributed by atoms with van der Waals surface area (Å²) in [4.78, 5) is 24.8. The van der Waals surface area contributed by atoms with Crippen LogP contribution in [0.3, 0.4) is 0 Å². The number of amides is 1. The van der Waals surface area contributed by atoms with E-state index in [-0.39, 0.29) is 24.2 Å². The van der Waals surface area contributed by atoms with Crippen LogP contribution in [0.5, 0.6) is 0 Å². The molecule has 4 N–H and O–H groups in total. The standard InChI is InChI=1S/C20H28N2O3/c21-17(11-14-6-7-14)18(23)12-15(10-13-4-2-1-3-5-13)19(24)20(25)22-16-8-9-16/h1-5,14-17,19,24H,6-12,21H2,(H,22,25)/t15?,17-,19?/m0/s1. The first-order valence-corrected chi connectivity index (χ1v) is 9.33. The number of nitrogens with two attached hydrogens (primary N) is 1. The van der Waals surface area contributed by atoms with Crippen molar-refractivity contribution in [1.82, 2.24) is 5.32 Å². The fourth-order valence-corrected chi connectivity index (χ4v) is 3.19. The van der Waals surface area contributed by atoms with Crippen LogP contribution >= 0.6 is 0 Å². The molecule has 0 radical (unpaired) electrons. The van der Waals surface area contributed by atoms with Crippen molar-refractivity contribution in [3.63, 3.8) is 0 Å². The first-order valence-electron chi connectivity index (χ1n) is 9.33. The van der Waals surface area contributed by atoms with Crippen molar-refractivity contribution in [2.45, 2.75) is 63.1 Å². The molecular weight excluding hydrogens is 316 g/mol. The van der Waals surface area contributed by atoms with E-state index in [9.17, 15) is 14.7 Å². The van der Waals surface area contributed by atoms with Gasteiger partial charge in [-0.2, -0.15) is 0 Å². The Morgan fingerprint density at radius 1 is 1.16 bits per heavy atom. The van der Waals surface area contributed by atoms with Crippen molar-refractivity contribution < 1.29 is 14.7 Å². The van der Waals surface area contributed by atoms with E-state index in [0.29, 0.717) is 12.3 Å². The largest absolute Gasteiger partial charge is 0.383 e. The number of Topliss-reactive ketones (excluding diaryl/α,β-unsaturated/α-hetero) is 1. The Hall–Kier alpha value is -1.72. The summed E-state index contributed by atoms with van der Waals surface area (Å²) in [5.41, 5.74) is 7.04.